The van der Waals surface area contributed by atoms with E-state index in [0.29, 0.717) is 0 Å². The summed E-state index contributed by atoms with van der Waals surface area (Å²) in [5.74, 6) is -3.19. The van der Waals surface area contributed by atoms with E-state index >= 15 is 0 Å². The molecule has 1 aliphatic heterocycles. The first-order valence-corrected chi connectivity index (χ1v) is 7.06. The Kier molecular flexibility index (Phi) is 4.63. The van der Waals surface area contributed by atoms with Crippen LogP contribution in [0.4, 0.5) is 0 Å². The van der Waals surface area contributed by atoms with Crippen LogP contribution in [0.2, 0.25) is 0 Å². The first-order chi connectivity index (χ1) is 9.58. The highest BCUT2D eigenvalue weighted by molar-refractivity contribution is 8.03. The molecule has 2 unspecified atom stereocenters. The number of aliphatic hydroxyl groups is 1. The molecule has 2 rings (SSSR count). The van der Waals surface area contributed by atoms with E-state index in [4.69, 9.17) is 10.2 Å². The van der Waals surface area contributed by atoms with Gasteiger partial charge in [0.1, 0.15) is 0 Å². The zero-order valence-corrected chi connectivity index (χ0v) is 11.4. The Bertz CT molecular complexity index is 562. The number of carbonyl (C=O) groups is 2. The fourth-order valence-corrected chi connectivity index (χ4v) is 3.18. The zero-order chi connectivity index (χ0) is 14.5. The van der Waals surface area contributed by atoms with Crippen molar-refractivity contribution in [2.75, 3.05) is 0 Å². The average molecular weight is 290 g/mol. The molecule has 0 fully saturated rings. The summed E-state index contributed by atoms with van der Waals surface area (Å²) in [5, 5.41) is 19.6. The topological polar surface area (TPSA) is 74.6 Å². The van der Waals surface area contributed by atoms with Crippen molar-refractivity contribution in [3.8, 4) is 0 Å². The number of benzene rings is 1. The van der Waals surface area contributed by atoms with Crippen LogP contribution in [0.1, 0.15) is 5.56 Å². The number of hydrogen-bond donors (Lipinski definition) is 2. The summed E-state index contributed by atoms with van der Waals surface area (Å²) in [6.07, 6.45) is 3.27. The minimum absolute atomic E-state index is 0.0303. The van der Waals surface area contributed by atoms with Gasteiger partial charge in [0.2, 0.25) is 5.76 Å². The van der Waals surface area contributed by atoms with E-state index in [1.165, 1.54) is 0 Å². The van der Waals surface area contributed by atoms with Crippen molar-refractivity contribution >= 4 is 23.5 Å². The van der Waals surface area contributed by atoms with Crippen LogP contribution in [0.25, 0.3) is 0 Å². The van der Waals surface area contributed by atoms with Crippen LogP contribution >= 0.6 is 11.8 Å². The third kappa shape index (κ3) is 3.51. The second-order valence-electron chi connectivity index (χ2n) is 4.46. The summed E-state index contributed by atoms with van der Waals surface area (Å²) < 4.78 is 0. The van der Waals surface area contributed by atoms with Crippen molar-refractivity contribution in [3.05, 3.63) is 59.2 Å². The van der Waals surface area contributed by atoms with E-state index in [-0.39, 0.29) is 11.0 Å². The van der Waals surface area contributed by atoms with Gasteiger partial charge in [0.25, 0.3) is 0 Å². The summed E-state index contributed by atoms with van der Waals surface area (Å²) in [4.78, 5) is 22.5. The van der Waals surface area contributed by atoms with Crippen LogP contribution in [-0.2, 0) is 16.0 Å². The molecule has 0 radical (unpaired) electrons. The third-order valence-electron chi connectivity index (χ3n) is 3.05. The summed E-state index contributed by atoms with van der Waals surface area (Å²) in [6, 6.07) is 9.79. The molecule has 20 heavy (non-hydrogen) atoms. The van der Waals surface area contributed by atoms with Crippen molar-refractivity contribution in [3.63, 3.8) is 0 Å². The Labute approximate surface area is 120 Å². The predicted octanol–water partition coefficient (Wildman–Crippen LogP) is 2.57. The molecule has 0 amide bonds. The first kappa shape index (κ1) is 14.4. The van der Waals surface area contributed by atoms with E-state index in [1.807, 2.05) is 35.7 Å². The predicted molar refractivity (Wildman–Crippen MR) is 77.5 cm³/mol. The minimum atomic E-state index is -1.49. The van der Waals surface area contributed by atoms with E-state index in [0.717, 1.165) is 18.1 Å². The Morgan fingerprint density at radius 3 is 2.55 bits per heavy atom. The monoisotopic (exact) mass is 290 g/mol. The molecule has 104 valence electrons. The number of allylic oxidation sites excluding steroid dienone is 2. The van der Waals surface area contributed by atoms with Gasteiger partial charge in [-0.25, -0.2) is 4.79 Å². The fraction of sp³-hybridized carbons (Fsp3) is 0.200. The van der Waals surface area contributed by atoms with E-state index < -0.39 is 17.6 Å². The third-order valence-corrected chi connectivity index (χ3v) is 4.17. The molecule has 1 heterocycles. The molecular formula is C15H14O4S. The van der Waals surface area contributed by atoms with Gasteiger partial charge in [0.05, 0.1) is 5.92 Å². The molecule has 0 saturated heterocycles. The lowest BCUT2D eigenvalue weighted by atomic mass is 9.94. The largest absolute Gasteiger partial charge is 0.502 e. The van der Waals surface area contributed by atoms with Gasteiger partial charge >= 0.3 is 5.97 Å². The number of thioether (sulfide) groups is 1. The number of aliphatic hydroxyl groups excluding tert-OH is 1. The molecule has 5 heteroatoms. The summed E-state index contributed by atoms with van der Waals surface area (Å²) in [7, 11) is 0. The standard InChI is InChI=1S/C15H14O4S/c16-12(9-13(17)15(18)19)11-6-7-20-14(11)8-10-4-2-1-3-5-10/h1-7,9,11,14,17H,8H2,(H,18,19)/b13-9-. The Hall–Kier alpha value is -2.01. The second-order valence-corrected chi connectivity index (χ2v) is 5.61. The Balaban J connectivity index is 2.07. The van der Waals surface area contributed by atoms with Crippen LogP contribution in [0.15, 0.2) is 53.7 Å². The molecule has 1 aromatic rings. The highest BCUT2D eigenvalue weighted by atomic mass is 32.2. The number of rotatable bonds is 5. The lowest BCUT2D eigenvalue weighted by Crippen LogP contribution is -2.23. The molecule has 4 nitrogen and oxygen atoms in total. The maximum absolute atomic E-state index is 12.0. The van der Waals surface area contributed by atoms with Gasteiger partial charge < -0.3 is 10.2 Å². The van der Waals surface area contributed by atoms with Crippen LogP contribution in [0.3, 0.4) is 0 Å². The average Bonchev–Trinajstić information content (AvgIpc) is 2.88. The quantitative estimate of drug-likeness (QED) is 0.644. The zero-order valence-electron chi connectivity index (χ0n) is 10.6. The molecule has 2 N–H and O–H groups in total. The van der Waals surface area contributed by atoms with Crippen molar-refractivity contribution < 1.29 is 19.8 Å². The van der Waals surface area contributed by atoms with Crippen LogP contribution in [0, 0.1) is 5.92 Å². The van der Waals surface area contributed by atoms with E-state index in [1.54, 1.807) is 17.8 Å². The number of hydrogen-bond acceptors (Lipinski definition) is 4. The summed E-state index contributed by atoms with van der Waals surface area (Å²) in [5.41, 5.74) is 1.12. The Morgan fingerprint density at radius 1 is 1.20 bits per heavy atom. The number of aliphatic carboxylic acids is 1. The molecule has 0 bridgehead atoms. The maximum Gasteiger partial charge on any atom is 0.371 e. The summed E-state index contributed by atoms with van der Waals surface area (Å²) >= 11 is 1.55. The SMILES string of the molecule is O=C(O)/C(O)=C/C(=O)C1C=CSC1Cc1ccccc1. The smallest absolute Gasteiger partial charge is 0.371 e. The molecule has 0 spiro atoms. The van der Waals surface area contributed by atoms with Gasteiger partial charge in [0.15, 0.2) is 5.78 Å². The van der Waals surface area contributed by atoms with Crippen molar-refractivity contribution in [1.29, 1.82) is 0 Å². The van der Waals surface area contributed by atoms with Crippen molar-refractivity contribution in [2.45, 2.75) is 11.7 Å². The lowest BCUT2D eigenvalue weighted by molar-refractivity contribution is -0.136. The number of ketones is 1. The van der Waals surface area contributed by atoms with Gasteiger partial charge in [0, 0.05) is 11.3 Å². The molecule has 0 aliphatic carbocycles. The molecule has 1 aliphatic rings. The maximum atomic E-state index is 12.0. The molecule has 1 aromatic carbocycles. The lowest BCUT2D eigenvalue weighted by Gasteiger charge is -2.16. The second kappa shape index (κ2) is 6.43. The van der Waals surface area contributed by atoms with Gasteiger partial charge in [-0.1, -0.05) is 36.4 Å². The molecule has 0 saturated carbocycles. The minimum Gasteiger partial charge on any atom is -0.502 e. The molecular weight excluding hydrogens is 276 g/mol. The molecule has 2 atom stereocenters. The van der Waals surface area contributed by atoms with Gasteiger partial charge in [-0.3, -0.25) is 4.79 Å². The van der Waals surface area contributed by atoms with Crippen LogP contribution in [-0.4, -0.2) is 27.2 Å². The normalized spacial score (nSPS) is 21.9. The van der Waals surface area contributed by atoms with Gasteiger partial charge in [-0.2, -0.15) is 0 Å². The number of carboxylic acids is 1. The number of carbonyl (C=O) groups excluding carboxylic acids is 1. The number of carboxylic acid groups (broad SMARTS) is 1. The van der Waals surface area contributed by atoms with Crippen molar-refractivity contribution in [2.24, 2.45) is 5.92 Å². The Morgan fingerprint density at radius 2 is 1.90 bits per heavy atom. The molecule has 0 aromatic heterocycles. The van der Waals surface area contributed by atoms with Crippen LogP contribution in [0.5, 0.6) is 0 Å². The highest BCUT2D eigenvalue weighted by Crippen LogP contribution is 2.33. The van der Waals surface area contributed by atoms with Crippen LogP contribution < -0.4 is 0 Å². The highest BCUT2D eigenvalue weighted by Gasteiger charge is 2.29. The fourth-order valence-electron chi connectivity index (χ4n) is 2.03. The first-order valence-electron chi connectivity index (χ1n) is 6.12. The van der Waals surface area contributed by atoms with Gasteiger partial charge in [-0.15, -0.1) is 11.8 Å². The van der Waals surface area contributed by atoms with E-state index in [2.05, 4.69) is 0 Å². The van der Waals surface area contributed by atoms with Gasteiger partial charge in [-0.05, 0) is 17.4 Å². The van der Waals surface area contributed by atoms with E-state index in [9.17, 15) is 9.59 Å². The van der Waals surface area contributed by atoms with Crippen molar-refractivity contribution in [1.82, 2.24) is 0 Å². The summed E-state index contributed by atoms with van der Waals surface area (Å²) in [6.45, 7) is 0.